The maximum atomic E-state index is 12.3. The van der Waals surface area contributed by atoms with Gasteiger partial charge < -0.3 is 14.9 Å². The van der Waals surface area contributed by atoms with Crippen LogP contribution in [0, 0.1) is 5.92 Å². The highest BCUT2D eigenvalue weighted by Gasteiger charge is 2.25. The highest BCUT2D eigenvalue weighted by Crippen LogP contribution is 2.26. The fraction of sp³-hybridized carbons (Fsp3) is 0.375. The van der Waals surface area contributed by atoms with Crippen LogP contribution in [0.2, 0.25) is 0 Å². The summed E-state index contributed by atoms with van der Waals surface area (Å²) in [5, 5.41) is 15.9. The highest BCUT2D eigenvalue weighted by molar-refractivity contribution is 6.04. The van der Waals surface area contributed by atoms with Crippen molar-refractivity contribution >= 4 is 11.6 Å². The van der Waals surface area contributed by atoms with Crippen molar-refractivity contribution < 1.29 is 14.4 Å². The predicted molar refractivity (Wildman–Crippen MR) is 88.0 cm³/mol. The molecule has 0 aliphatic rings. The fourth-order valence-electron chi connectivity index (χ4n) is 2.35. The molecule has 2 aromatic rings. The topological polar surface area (TPSA) is 110 Å². The molecule has 2 rings (SSSR count). The van der Waals surface area contributed by atoms with Crippen LogP contribution in [0.1, 0.15) is 42.5 Å². The summed E-state index contributed by atoms with van der Waals surface area (Å²) < 4.78 is 5.88. The molecule has 0 spiro atoms. The Morgan fingerprint density at radius 3 is 2.83 bits per heavy atom. The Kier molecular flexibility index (Phi) is 5.18. The molecular formula is C16H20N4O4. The third kappa shape index (κ3) is 3.37. The molecule has 0 bridgehead atoms. The maximum Gasteiger partial charge on any atom is 0.296 e. The molecule has 0 saturated heterocycles. The van der Waals surface area contributed by atoms with Gasteiger partial charge in [-0.2, -0.15) is 0 Å². The van der Waals surface area contributed by atoms with Gasteiger partial charge in [0.05, 0.1) is 6.20 Å². The van der Waals surface area contributed by atoms with Crippen LogP contribution < -0.4 is 10.9 Å². The van der Waals surface area contributed by atoms with Gasteiger partial charge >= 0.3 is 0 Å². The molecule has 0 aliphatic carbocycles. The van der Waals surface area contributed by atoms with Gasteiger partial charge in [0.15, 0.2) is 5.69 Å². The first kappa shape index (κ1) is 17.5. The summed E-state index contributed by atoms with van der Waals surface area (Å²) in [5.41, 5.74) is -0.698. The summed E-state index contributed by atoms with van der Waals surface area (Å²) in [4.78, 5) is 28.8. The van der Waals surface area contributed by atoms with Crippen LogP contribution in [-0.2, 0) is 7.05 Å². The average Bonchev–Trinajstić information content (AvgIpc) is 3.05. The first-order chi connectivity index (χ1) is 11.4. The number of anilines is 1. The molecule has 0 fully saturated rings. The summed E-state index contributed by atoms with van der Waals surface area (Å²) in [6.45, 7) is 7.62. The van der Waals surface area contributed by atoms with E-state index in [9.17, 15) is 14.7 Å². The number of nitrogens with one attached hydrogen (secondary N) is 1. The van der Waals surface area contributed by atoms with Gasteiger partial charge in [-0.1, -0.05) is 25.1 Å². The number of carbonyl (C=O) groups excluding carboxylic acids is 1. The average molecular weight is 332 g/mol. The van der Waals surface area contributed by atoms with Crippen LogP contribution in [-0.4, -0.2) is 25.7 Å². The summed E-state index contributed by atoms with van der Waals surface area (Å²) in [6, 6.07) is 0. The van der Waals surface area contributed by atoms with Gasteiger partial charge in [0.2, 0.25) is 5.75 Å². The number of hydrogen-bond donors (Lipinski definition) is 2. The van der Waals surface area contributed by atoms with Crippen LogP contribution in [0.5, 0.6) is 5.75 Å². The number of nitrogens with zero attached hydrogens (tertiary/aromatic N) is 3. The molecule has 0 aromatic carbocycles. The highest BCUT2D eigenvalue weighted by atomic mass is 16.5. The lowest BCUT2D eigenvalue weighted by Crippen LogP contribution is -2.29. The van der Waals surface area contributed by atoms with E-state index in [1.165, 1.54) is 24.1 Å². The van der Waals surface area contributed by atoms with Crippen molar-refractivity contribution in [2.75, 3.05) is 5.32 Å². The van der Waals surface area contributed by atoms with E-state index in [1.807, 2.05) is 13.8 Å². The standard InChI is InChI=1S/C16H20N4O4/c1-5-6-9(2)10(3)14-19-12(13(21)16(23)20(14)4)15(22)18-11-7-17-24-8-11/h5,7-10,21H,1,6H2,2-4H3,(H,18,22). The maximum absolute atomic E-state index is 12.3. The molecule has 2 atom stereocenters. The zero-order chi connectivity index (χ0) is 17.9. The SMILES string of the molecule is C=CCC(C)C(C)c1nc(C(=O)Nc2cnoc2)c(O)c(=O)n1C. The van der Waals surface area contributed by atoms with Gasteiger partial charge in [-0.05, 0) is 12.3 Å². The number of carbonyl (C=O) groups is 1. The third-order valence-corrected chi connectivity index (χ3v) is 4.01. The van der Waals surface area contributed by atoms with E-state index in [0.717, 1.165) is 6.42 Å². The Balaban J connectivity index is 2.43. The number of aromatic nitrogens is 3. The van der Waals surface area contributed by atoms with Gasteiger partial charge in [-0.3, -0.25) is 14.2 Å². The van der Waals surface area contributed by atoms with Crippen LogP contribution in [0.4, 0.5) is 5.69 Å². The Morgan fingerprint density at radius 2 is 2.25 bits per heavy atom. The zero-order valence-corrected chi connectivity index (χ0v) is 13.8. The van der Waals surface area contributed by atoms with E-state index in [1.54, 1.807) is 6.08 Å². The van der Waals surface area contributed by atoms with E-state index >= 15 is 0 Å². The van der Waals surface area contributed by atoms with Crippen LogP contribution in [0.25, 0.3) is 0 Å². The van der Waals surface area contributed by atoms with Crippen molar-refractivity contribution in [1.82, 2.24) is 14.7 Å². The summed E-state index contributed by atoms with van der Waals surface area (Å²) in [5.74, 6) is -0.929. The molecule has 0 radical (unpaired) electrons. The van der Waals surface area contributed by atoms with Crippen LogP contribution >= 0.6 is 0 Å². The lowest BCUT2D eigenvalue weighted by Gasteiger charge is -2.21. The molecule has 2 heterocycles. The number of rotatable bonds is 6. The van der Waals surface area contributed by atoms with Crippen molar-refractivity contribution in [2.24, 2.45) is 13.0 Å². The summed E-state index contributed by atoms with van der Waals surface area (Å²) in [7, 11) is 1.52. The van der Waals surface area contributed by atoms with Gasteiger partial charge in [0.25, 0.3) is 11.5 Å². The predicted octanol–water partition coefficient (Wildman–Crippen LogP) is 2.04. The minimum atomic E-state index is -0.710. The number of amides is 1. The van der Waals surface area contributed by atoms with Crippen LogP contribution in [0.3, 0.4) is 0 Å². The molecule has 8 nitrogen and oxygen atoms in total. The summed E-state index contributed by atoms with van der Waals surface area (Å²) in [6.07, 6.45) is 5.05. The first-order valence-corrected chi connectivity index (χ1v) is 7.48. The van der Waals surface area contributed by atoms with E-state index in [-0.39, 0.29) is 17.5 Å². The zero-order valence-electron chi connectivity index (χ0n) is 13.8. The minimum Gasteiger partial charge on any atom is -0.501 e. The Morgan fingerprint density at radius 1 is 1.54 bits per heavy atom. The smallest absolute Gasteiger partial charge is 0.296 e. The second-order valence-electron chi connectivity index (χ2n) is 5.69. The van der Waals surface area contributed by atoms with Gasteiger partial charge in [-0.25, -0.2) is 4.98 Å². The fourth-order valence-corrected chi connectivity index (χ4v) is 2.35. The molecule has 0 saturated carbocycles. The molecule has 1 amide bonds. The van der Waals surface area contributed by atoms with Gasteiger partial charge in [0, 0.05) is 13.0 Å². The molecule has 128 valence electrons. The largest absolute Gasteiger partial charge is 0.501 e. The Bertz CT molecular complexity index is 795. The Hall–Kier alpha value is -2.90. The van der Waals surface area contributed by atoms with Crippen LogP contribution in [0.15, 0.2) is 34.4 Å². The molecule has 2 N–H and O–H groups in total. The van der Waals surface area contributed by atoms with Gasteiger partial charge in [-0.15, -0.1) is 6.58 Å². The number of aromatic hydroxyl groups is 1. The number of hydrogen-bond acceptors (Lipinski definition) is 6. The van der Waals surface area contributed by atoms with Crippen molar-refractivity contribution in [3.63, 3.8) is 0 Å². The molecule has 0 aliphatic heterocycles. The Labute approximate surface area is 138 Å². The van der Waals surface area contributed by atoms with Crippen molar-refractivity contribution in [2.45, 2.75) is 26.2 Å². The summed E-state index contributed by atoms with van der Waals surface area (Å²) >= 11 is 0. The van der Waals surface area contributed by atoms with E-state index in [4.69, 9.17) is 0 Å². The third-order valence-electron chi connectivity index (χ3n) is 4.01. The molecule has 2 unspecified atom stereocenters. The normalized spacial score (nSPS) is 13.3. The number of allylic oxidation sites excluding steroid dienone is 1. The van der Waals surface area contributed by atoms with Gasteiger partial charge in [0.1, 0.15) is 17.8 Å². The molecule has 2 aromatic heterocycles. The lowest BCUT2D eigenvalue weighted by atomic mass is 9.92. The monoisotopic (exact) mass is 332 g/mol. The second-order valence-corrected chi connectivity index (χ2v) is 5.69. The van der Waals surface area contributed by atoms with Crippen molar-refractivity contribution in [3.8, 4) is 5.75 Å². The molecular weight excluding hydrogens is 312 g/mol. The second kappa shape index (κ2) is 7.12. The molecule has 8 heteroatoms. The van der Waals surface area contributed by atoms with E-state index < -0.39 is 17.2 Å². The van der Waals surface area contributed by atoms with Crippen molar-refractivity contribution in [3.05, 3.63) is 47.0 Å². The molecule has 24 heavy (non-hydrogen) atoms. The van der Waals surface area contributed by atoms with E-state index in [0.29, 0.717) is 11.5 Å². The first-order valence-electron chi connectivity index (χ1n) is 7.48. The minimum absolute atomic E-state index is 0.108. The lowest BCUT2D eigenvalue weighted by molar-refractivity contribution is 0.101. The quantitative estimate of drug-likeness (QED) is 0.783. The van der Waals surface area contributed by atoms with Crippen molar-refractivity contribution in [1.29, 1.82) is 0 Å². The van der Waals surface area contributed by atoms with E-state index in [2.05, 4.69) is 26.6 Å².